The molecule has 0 aromatic heterocycles. The number of carboxylic acid groups (broad SMARTS) is 1. The van der Waals surface area contributed by atoms with Crippen LogP contribution in [0.4, 0.5) is 0 Å². The van der Waals surface area contributed by atoms with Crippen LogP contribution in [0, 0.1) is 5.92 Å². The molecule has 1 amide bonds. The van der Waals surface area contributed by atoms with Gasteiger partial charge < -0.3 is 10.0 Å². The Morgan fingerprint density at radius 2 is 2.07 bits per heavy atom. The van der Waals surface area contributed by atoms with Gasteiger partial charge in [0.05, 0.1) is 0 Å². The van der Waals surface area contributed by atoms with Gasteiger partial charge in [-0.25, -0.2) is 4.79 Å². The van der Waals surface area contributed by atoms with Crippen LogP contribution >= 0.6 is 0 Å². The number of aliphatic carboxylic acids is 1. The quantitative estimate of drug-likeness (QED) is 0.680. The fourth-order valence-corrected chi connectivity index (χ4v) is 2.48. The number of amides is 1. The third-order valence-corrected chi connectivity index (χ3v) is 3.32. The first kappa shape index (κ1) is 9.49. The van der Waals surface area contributed by atoms with Gasteiger partial charge in [0.2, 0.25) is 6.41 Å². The van der Waals surface area contributed by atoms with E-state index in [1.807, 2.05) is 6.92 Å². The molecule has 0 aliphatic heterocycles. The van der Waals surface area contributed by atoms with E-state index in [0.717, 1.165) is 19.3 Å². The van der Waals surface area contributed by atoms with E-state index < -0.39 is 11.5 Å². The topological polar surface area (TPSA) is 57.6 Å². The summed E-state index contributed by atoms with van der Waals surface area (Å²) < 4.78 is 0. The van der Waals surface area contributed by atoms with E-state index >= 15 is 0 Å². The Morgan fingerprint density at radius 1 is 1.50 bits per heavy atom. The van der Waals surface area contributed by atoms with Gasteiger partial charge in [0.1, 0.15) is 5.54 Å². The molecule has 78 valence electrons. The Morgan fingerprint density at radius 3 is 2.36 bits per heavy atom. The lowest BCUT2D eigenvalue weighted by molar-refractivity contribution is -0.166. The number of hydrogen-bond acceptors (Lipinski definition) is 2. The van der Waals surface area contributed by atoms with Crippen LogP contribution in [0.3, 0.4) is 0 Å². The van der Waals surface area contributed by atoms with Crippen LogP contribution in [0.25, 0.3) is 0 Å². The Bertz CT molecular complexity index is 267. The van der Waals surface area contributed by atoms with E-state index in [2.05, 4.69) is 0 Å². The zero-order valence-corrected chi connectivity index (χ0v) is 8.27. The minimum Gasteiger partial charge on any atom is -0.479 e. The molecule has 4 heteroatoms. The molecule has 0 bridgehead atoms. The van der Waals surface area contributed by atoms with Crippen molar-refractivity contribution in [2.45, 2.75) is 44.2 Å². The molecule has 2 fully saturated rings. The minimum absolute atomic E-state index is 0.191. The van der Waals surface area contributed by atoms with E-state index in [-0.39, 0.29) is 6.04 Å². The molecular formula is C10H15NO3. The lowest BCUT2D eigenvalue weighted by atomic mass is 9.68. The van der Waals surface area contributed by atoms with Crippen molar-refractivity contribution in [3.05, 3.63) is 0 Å². The molecule has 2 saturated carbocycles. The average molecular weight is 197 g/mol. The van der Waals surface area contributed by atoms with E-state index in [1.54, 1.807) is 0 Å². The van der Waals surface area contributed by atoms with Gasteiger partial charge in [-0.15, -0.1) is 0 Å². The minimum atomic E-state index is -0.873. The Balaban J connectivity index is 2.17. The first-order valence-electron chi connectivity index (χ1n) is 5.07. The van der Waals surface area contributed by atoms with Crippen molar-refractivity contribution < 1.29 is 14.7 Å². The summed E-state index contributed by atoms with van der Waals surface area (Å²) in [4.78, 5) is 23.6. The first-order valence-corrected chi connectivity index (χ1v) is 5.07. The smallest absolute Gasteiger partial charge is 0.329 e. The van der Waals surface area contributed by atoms with Crippen molar-refractivity contribution in [2.24, 2.45) is 5.92 Å². The standard InChI is InChI=1S/C10H15NO3/c1-7-4-10(5-7,9(13)14)11(6-12)8-2-3-8/h6-8H,2-5H2,1H3,(H,13,14). The van der Waals surface area contributed by atoms with Crippen LogP contribution in [0.15, 0.2) is 0 Å². The van der Waals surface area contributed by atoms with Gasteiger partial charge in [0.25, 0.3) is 0 Å². The maximum absolute atomic E-state index is 11.2. The molecular weight excluding hydrogens is 182 g/mol. The molecule has 0 aromatic carbocycles. The highest BCUT2D eigenvalue weighted by atomic mass is 16.4. The number of hydrogen-bond donors (Lipinski definition) is 1. The third-order valence-electron chi connectivity index (χ3n) is 3.32. The molecule has 14 heavy (non-hydrogen) atoms. The normalized spacial score (nSPS) is 35.9. The average Bonchev–Trinajstić information content (AvgIpc) is 2.85. The van der Waals surface area contributed by atoms with Crippen LogP contribution < -0.4 is 0 Å². The summed E-state index contributed by atoms with van der Waals surface area (Å²) in [5, 5.41) is 9.18. The predicted molar refractivity (Wildman–Crippen MR) is 49.7 cm³/mol. The van der Waals surface area contributed by atoms with Crippen LogP contribution in [0.5, 0.6) is 0 Å². The van der Waals surface area contributed by atoms with Gasteiger partial charge in [0.15, 0.2) is 0 Å². The van der Waals surface area contributed by atoms with Gasteiger partial charge >= 0.3 is 5.97 Å². The molecule has 0 heterocycles. The molecule has 1 N–H and O–H groups in total. The molecule has 2 rings (SSSR count). The van der Waals surface area contributed by atoms with Crippen molar-refractivity contribution >= 4 is 12.4 Å². The summed E-state index contributed by atoms with van der Waals surface area (Å²) in [5.41, 5.74) is -0.873. The SMILES string of the molecule is CC1CC(C(=O)O)(N(C=O)C2CC2)C1. The number of rotatable bonds is 4. The monoisotopic (exact) mass is 197 g/mol. The van der Waals surface area contributed by atoms with Crippen molar-refractivity contribution in [2.75, 3.05) is 0 Å². The summed E-state index contributed by atoms with van der Waals surface area (Å²) in [6.45, 7) is 2.02. The maximum Gasteiger partial charge on any atom is 0.329 e. The molecule has 0 radical (unpaired) electrons. The Kier molecular flexibility index (Phi) is 2.01. The number of nitrogens with zero attached hydrogens (tertiary/aromatic N) is 1. The fourth-order valence-electron chi connectivity index (χ4n) is 2.48. The molecule has 0 aromatic rings. The highest BCUT2D eigenvalue weighted by Gasteiger charge is 2.56. The van der Waals surface area contributed by atoms with Gasteiger partial charge in [-0.05, 0) is 31.6 Å². The molecule has 0 spiro atoms. The summed E-state index contributed by atoms with van der Waals surface area (Å²) >= 11 is 0. The van der Waals surface area contributed by atoms with Gasteiger partial charge in [-0.3, -0.25) is 4.79 Å². The van der Waals surface area contributed by atoms with E-state index in [9.17, 15) is 14.7 Å². The van der Waals surface area contributed by atoms with Crippen molar-refractivity contribution in [1.82, 2.24) is 4.90 Å². The zero-order chi connectivity index (χ0) is 10.3. The van der Waals surface area contributed by atoms with Gasteiger partial charge in [-0.2, -0.15) is 0 Å². The van der Waals surface area contributed by atoms with E-state index in [4.69, 9.17) is 0 Å². The summed E-state index contributed by atoms with van der Waals surface area (Å²) in [7, 11) is 0. The van der Waals surface area contributed by atoms with Crippen LogP contribution in [-0.4, -0.2) is 34.0 Å². The van der Waals surface area contributed by atoms with Crippen LogP contribution in [0.2, 0.25) is 0 Å². The maximum atomic E-state index is 11.2. The third kappa shape index (κ3) is 1.21. The molecule has 2 aliphatic carbocycles. The highest BCUT2D eigenvalue weighted by molar-refractivity contribution is 5.83. The first-order chi connectivity index (χ1) is 6.60. The molecule has 0 saturated heterocycles. The van der Waals surface area contributed by atoms with Crippen molar-refractivity contribution in [3.63, 3.8) is 0 Å². The number of carbonyl (C=O) groups excluding carboxylic acids is 1. The zero-order valence-electron chi connectivity index (χ0n) is 8.27. The molecule has 4 nitrogen and oxygen atoms in total. The Labute approximate surface area is 82.9 Å². The van der Waals surface area contributed by atoms with Gasteiger partial charge in [-0.1, -0.05) is 6.92 Å². The second-order valence-corrected chi connectivity index (χ2v) is 4.59. The lowest BCUT2D eigenvalue weighted by Crippen LogP contribution is -2.62. The molecule has 0 unspecified atom stereocenters. The predicted octanol–water partition coefficient (Wildman–Crippen LogP) is 0.860. The van der Waals surface area contributed by atoms with E-state index in [1.165, 1.54) is 4.90 Å². The second kappa shape index (κ2) is 2.97. The second-order valence-electron chi connectivity index (χ2n) is 4.59. The van der Waals surface area contributed by atoms with Crippen molar-refractivity contribution in [1.29, 1.82) is 0 Å². The number of carbonyl (C=O) groups is 2. The highest BCUT2D eigenvalue weighted by Crippen LogP contribution is 2.46. The fraction of sp³-hybridized carbons (Fsp3) is 0.800. The Hall–Kier alpha value is -1.06. The molecule has 2 aliphatic rings. The van der Waals surface area contributed by atoms with Crippen molar-refractivity contribution in [3.8, 4) is 0 Å². The lowest BCUT2D eigenvalue weighted by Gasteiger charge is -2.49. The van der Waals surface area contributed by atoms with Crippen LogP contribution in [0.1, 0.15) is 32.6 Å². The largest absolute Gasteiger partial charge is 0.479 e. The van der Waals surface area contributed by atoms with Gasteiger partial charge in [0, 0.05) is 6.04 Å². The summed E-state index contributed by atoms with van der Waals surface area (Å²) in [5.74, 6) is -0.415. The van der Waals surface area contributed by atoms with E-state index in [0.29, 0.717) is 18.8 Å². The summed E-state index contributed by atoms with van der Waals surface area (Å²) in [6, 6.07) is 0.191. The van der Waals surface area contributed by atoms with Crippen LogP contribution in [-0.2, 0) is 9.59 Å². The molecule has 0 atom stereocenters. The number of carboxylic acids is 1. The summed E-state index contributed by atoms with van der Waals surface area (Å²) in [6.07, 6.45) is 3.86.